The molecular formula is C23H26F3N6OP. The fourth-order valence-electron chi connectivity index (χ4n) is 4.57. The molecule has 11 heteroatoms. The van der Waals surface area contributed by atoms with Gasteiger partial charge >= 0.3 is 6.18 Å². The minimum absolute atomic E-state index is 0.0323. The number of benzene rings is 1. The van der Waals surface area contributed by atoms with Crippen LogP contribution in [0.2, 0.25) is 0 Å². The van der Waals surface area contributed by atoms with Gasteiger partial charge in [-0.25, -0.2) is 9.97 Å². The van der Waals surface area contributed by atoms with Gasteiger partial charge in [0.05, 0.1) is 28.1 Å². The Morgan fingerprint density at radius 3 is 2.65 bits per heavy atom. The van der Waals surface area contributed by atoms with Gasteiger partial charge in [0.15, 0.2) is 0 Å². The van der Waals surface area contributed by atoms with Gasteiger partial charge in [0.25, 0.3) is 0 Å². The van der Waals surface area contributed by atoms with E-state index in [9.17, 15) is 23.0 Å². The number of H-pyrrole nitrogens is 1. The maximum atomic E-state index is 13.9. The van der Waals surface area contributed by atoms with Crippen molar-refractivity contribution in [3.63, 3.8) is 0 Å². The SMILES string of the molecule is CC1(C)CNC[C@@H](Nc2ncc(C(F)(F)F)c(-c3c[nH]c4c(P(C)(C)=O)c(C#N)ccc34)n2)C1. The number of piperidine rings is 1. The number of nitrogens with zero attached hydrogens (tertiary/aromatic N) is 3. The average molecular weight is 490 g/mol. The molecule has 1 aromatic carbocycles. The van der Waals surface area contributed by atoms with Gasteiger partial charge in [-0.05, 0) is 31.2 Å². The van der Waals surface area contributed by atoms with E-state index >= 15 is 0 Å². The monoisotopic (exact) mass is 490 g/mol. The molecular weight excluding hydrogens is 464 g/mol. The van der Waals surface area contributed by atoms with Crippen molar-refractivity contribution in [3.8, 4) is 17.3 Å². The zero-order chi connectivity index (χ0) is 24.9. The van der Waals surface area contributed by atoms with Crippen LogP contribution in [-0.2, 0) is 10.7 Å². The molecule has 3 heterocycles. The minimum Gasteiger partial charge on any atom is -0.360 e. The highest BCUT2D eigenvalue weighted by molar-refractivity contribution is 7.70. The van der Waals surface area contributed by atoms with Gasteiger partial charge in [0.1, 0.15) is 12.7 Å². The second-order valence-electron chi connectivity index (χ2n) is 9.84. The summed E-state index contributed by atoms with van der Waals surface area (Å²) in [5.41, 5.74) is -0.413. The topological polar surface area (TPSA) is 106 Å². The van der Waals surface area contributed by atoms with Crippen molar-refractivity contribution >= 4 is 29.3 Å². The molecule has 0 amide bonds. The molecule has 3 N–H and O–H groups in total. The summed E-state index contributed by atoms with van der Waals surface area (Å²) in [7, 11) is -2.91. The standard InChI is InChI=1S/C23H26F3N6OP/c1-22(2)7-14(9-28-12-22)31-21-30-11-17(23(24,25)26)18(32-21)16-10-29-19-15(16)6-5-13(8-27)20(19)34(3,4)33/h5-6,10-11,14,28-29H,7,9,12H2,1-4H3,(H,30,31,32)/t14-/m0/s1. The highest BCUT2D eigenvalue weighted by atomic mass is 31.2. The number of halogens is 3. The quantitative estimate of drug-likeness (QED) is 0.463. The summed E-state index contributed by atoms with van der Waals surface area (Å²) in [4.78, 5) is 11.2. The number of aromatic nitrogens is 3. The first-order valence-electron chi connectivity index (χ1n) is 10.8. The molecule has 3 aromatic rings. The second kappa shape index (κ2) is 8.40. The molecule has 1 aliphatic heterocycles. The van der Waals surface area contributed by atoms with Crippen LogP contribution in [-0.4, -0.2) is 47.4 Å². The van der Waals surface area contributed by atoms with Crippen molar-refractivity contribution < 1.29 is 17.7 Å². The molecule has 0 spiro atoms. The van der Waals surface area contributed by atoms with Crippen LogP contribution >= 0.6 is 7.14 Å². The van der Waals surface area contributed by atoms with Gasteiger partial charge in [-0.3, -0.25) is 0 Å². The van der Waals surface area contributed by atoms with E-state index in [0.717, 1.165) is 19.2 Å². The summed E-state index contributed by atoms with van der Waals surface area (Å²) in [5.74, 6) is 0.104. The predicted molar refractivity (Wildman–Crippen MR) is 127 cm³/mol. The van der Waals surface area contributed by atoms with Crippen LogP contribution in [0.3, 0.4) is 0 Å². The summed E-state index contributed by atoms with van der Waals surface area (Å²) < 4.78 is 54.7. The van der Waals surface area contributed by atoms with Gasteiger partial charge in [0, 0.05) is 42.5 Å². The highest BCUT2D eigenvalue weighted by Crippen LogP contribution is 2.43. The zero-order valence-electron chi connectivity index (χ0n) is 19.3. The number of nitriles is 1. The van der Waals surface area contributed by atoms with Crippen LogP contribution in [0.4, 0.5) is 19.1 Å². The highest BCUT2D eigenvalue weighted by Gasteiger charge is 2.37. The van der Waals surface area contributed by atoms with E-state index in [0.29, 0.717) is 22.8 Å². The van der Waals surface area contributed by atoms with E-state index in [2.05, 4.69) is 39.4 Å². The number of aromatic amines is 1. The smallest absolute Gasteiger partial charge is 0.360 e. The number of rotatable bonds is 4. The van der Waals surface area contributed by atoms with Gasteiger partial charge in [-0.2, -0.15) is 18.4 Å². The maximum Gasteiger partial charge on any atom is 0.419 e. The first-order valence-corrected chi connectivity index (χ1v) is 13.4. The Labute approximate surface area is 195 Å². The summed E-state index contributed by atoms with van der Waals surface area (Å²) in [6, 6.07) is 5.03. The van der Waals surface area contributed by atoms with Crippen LogP contribution in [0.1, 0.15) is 31.4 Å². The zero-order valence-corrected chi connectivity index (χ0v) is 20.2. The first-order chi connectivity index (χ1) is 15.8. The lowest BCUT2D eigenvalue weighted by Gasteiger charge is -2.36. The fourth-order valence-corrected chi connectivity index (χ4v) is 6.00. The summed E-state index contributed by atoms with van der Waals surface area (Å²) in [6.07, 6.45) is -1.65. The Morgan fingerprint density at radius 2 is 2.03 bits per heavy atom. The molecule has 4 rings (SSSR count). The Hall–Kier alpha value is -2.89. The third kappa shape index (κ3) is 4.68. The lowest BCUT2D eigenvalue weighted by Crippen LogP contribution is -2.47. The third-order valence-electron chi connectivity index (χ3n) is 5.96. The van der Waals surface area contributed by atoms with Crippen LogP contribution in [0, 0.1) is 16.7 Å². The van der Waals surface area contributed by atoms with Crippen molar-refractivity contribution in [1.29, 1.82) is 5.26 Å². The van der Waals surface area contributed by atoms with Crippen molar-refractivity contribution in [1.82, 2.24) is 20.3 Å². The molecule has 0 bridgehead atoms. The van der Waals surface area contributed by atoms with Gasteiger partial charge in [-0.1, -0.05) is 19.9 Å². The molecule has 1 saturated heterocycles. The number of alkyl halides is 3. The number of hydrogen-bond acceptors (Lipinski definition) is 6. The van der Waals surface area contributed by atoms with Crippen molar-refractivity contribution in [2.45, 2.75) is 32.5 Å². The van der Waals surface area contributed by atoms with E-state index in [1.807, 2.05) is 6.07 Å². The Bertz CT molecular complexity index is 1330. The number of anilines is 1. The van der Waals surface area contributed by atoms with Crippen molar-refractivity contribution in [2.75, 3.05) is 31.7 Å². The minimum atomic E-state index is -4.67. The van der Waals surface area contributed by atoms with Gasteiger partial charge in [-0.15, -0.1) is 0 Å². The van der Waals surface area contributed by atoms with Gasteiger partial charge < -0.3 is 20.2 Å². The lowest BCUT2D eigenvalue weighted by atomic mass is 9.83. The van der Waals surface area contributed by atoms with Crippen molar-refractivity contribution in [3.05, 3.63) is 35.7 Å². The molecule has 180 valence electrons. The Morgan fingerprint density at radius 1 is 1.29 bits per heavy atom. The van der Waals surface area contributed by atoms with Gasteiger partial charge in [0.2, 0.25) is 5.95 Å². The summed E-state index contributed by atoms with van der Waals surface area (Å²) in [6.45, 7) is 8.79. The van der Waals surface area contributed by atoms with Crippen LogP contribution in [0.5, 0.6) is 0 Å². The molecule has 2 aromatic heterocycles. The number of hydrogen-bond donors (Lipinski definition) is 3. The van der Waals surface area contributed by atoms with E-state index in [1.54, 1.807) is 6.07 Å². The Kier molecular flexibility index (Phi) is 5.99. The van der Waals surface area contributed by atoms with E-state index in [1.165, 1.54) is 25.6 Å². The fraction of sp³-hybridized carbons (Fsp3) is 0.435. The molecule has 1 atom stereocenters. The molecule has 0 radical (unpaired) electrons. The predicted octanol–water partition coefficient (Wildman–Crippen LogP) is 4.56. The Balaban J connectivity index is 1.85. The lowest BCUT2D eigenvalue weighted by molar-refractivity contribution is -0.137. The van der Waals surface area contributed by atoms with E-state index < -0.39 is 18.9 Å². The third-order valence-corrected chi connectivity index (χ3v) is 7.51. The van der Waals surface area contributed by atoms with Crippen LogP contribution in [0.25, 0.3) is 22.2 Å². The normalized spacial score (nSPS) is 18.6. The first kappa shape index (κ1) is 24.2. The number of fused-ring (bicyclic) bond motifs is 1. The van der Waals surface area contributed by atoms with Crippen molar-refractivity contribution in [2.24, 2.45) is 5.41 Å². The molecule has 34 heavy (non-hydrogen) atoms. The molecule has 1 aliphatic rings. The summed E-state index contributed by atoms with van der Waals surface area (Å²) >= 11 is 0. The summed E-state index contributed by atoms with van der Waals surface area (Å²) in [5, 5.41) is 16.7. The largest absolute Gasteiger partial charge is 0.419 e. The molecule has 0 saturated carbocycles. The maximum absolute atomic E-state index is 13.9. The molecule has 0 unspecified atom stereocenters. The van der Waals surface area contributed by atoms with E-state index in [-0.39, 0.29) is 34.2 Å². The second-order valence-corrected chi connectivity index (χ2v) is 13.0. The van der Waals surface area contributed by atoms with Crippen LogP contribution in [0.15, 0.2) is 24.5 Å². The van der Waals surface area contributed by atoms with Crippen LogP contribution < -0.4 is 15.9 Å². The average Bonchev–Trinajstić information content (AvgIpc) is 3.14. The van der Waals surface area contributed by atoms with E-state index in [4.69, 9.17) is 0 Å². The number of nitrogens with one attached hydrogen (secondary N) is 3. The molecule has 0 aliphatic carbocycles. The molecule has 7 nitrogen and oxygen atoms in total. The molecule has 1 fully saturated rings.